The van der Waals surface area contributed by atoms with Crippen LogP contribution in [0.5, 0.6) is 0 Å². The summed E-state index contributed by atoms with van der Waals surface area (Å²) in [6.07, 6.45) is 12.2. The number of nitrogens with zero attached hydrogens (tertiary/aromatic N) is 1. The largest absolute Gasteiger partial charge is 0.295 e. The normalized spacial score (nSPS) is 28.1. The summed E-state index contributed by atoms with van der Waals surface area (Å²) < 4.78 is 5.18. The van der Waals surface area contributed by atoms with Gasteiger partial charge in [0.1, 0.15) is 6.07 Å². The predicted molar refractivity (Wildman–Crippen MR) is 183 cm³/mol. The number of rotatable bonds is 13. The molecule has 4 nitrogen and oxygen atoms in total. The molecule has 0 radical (unpaired) electrons. The Morgan fingerprint density at radius 2 is 1.77 bits per heavy atom. The van der Waals surface area contributed by atoms with Crippen molar-refractivity contribution in [1.29, 1.82) is 5.26 Å². The van der Waals surface area contributed by atoms with Crippen molar-refractivity contribution in [2.24, 2.45) is 33.0 Å². The second-order valence-corrected chi connectivity index (χ2v) is 18.1. The quantitative estimate of drug-likeness (QED) is 0.175. The van der Waals surface area contributed by atoms with Crippen molar-refractivity contribution in [2.45, 2.75) is 137 Å². The number of Topliss-reactive ketones (excluding diaryl/α,β-unsaturated/α-hetero) is 1. The molecule has 0 aliphatic heterocycles. The first kappa shape index (κ1) is 35.8. The lowest BCUT2D eigenvalue weighted by molar-refractivity contribution is -0.131. The van der Waals surface area contributed by atoms with Crippen molar-refractivity contribution in [1.82, 2.24) is 4.72 Å². The number of hydrogen-bond acceptors (Lipinski definition) is 6. The average molecular weight is 625 g/mol. The Kier molecular flexibility index (Phi) is 10.8. The first-order valence-electron chi connectivity index (χ1n) is 16.2. The number of allylic oxidation sites excluding steroid dienone is 4. The highest BCUT2D eigenvalue weighted by Crippen LogP contribution is 2.67. The van der Waals surface area contributed by atoms with Crippen molar-refractivity contribution >= 4 is 34.9 Å². The summed E-state index contributed by atoms with van der Waals surface area (Å²) in [5.74, 6) is -0.00915. The van der Waals surface area contributed by atoms with Crippen LogP contribution in [0.2, 0.25) is 0 Å². The fourth-order valence-corrected chi connectivity index (χ4v) is 9.75. The second kappa shape index (κ2) is 13.0. The maximum Gasteiger partial charge on any atom is 0.178 e. The van der Waals surface area contributed by atoms with Gasteiger partial charge in [0.25, 0.3) is 0 Å². The van der Waals surface area contributed by atoms with Gasteiger partial charge in [-0.2, -0.15) is 5.26 Å². The van der Waals surface area contributed by atoms with Crippen LogP contribution in [0.4, 0.5) is 0 Å². The summed E-state index contributed by atoms with van der Waals surface area (Å²) in [4.78, 5) is 26.1. The summed E-state index contributed by atoms with van der Waals surface area (Å²) in [5, 5.41) is 12.1. The van der Waals surface area contributed by atoms with E-state index in [1.165, 1.54) is 17.1 Å². The zero-order valence-corrected chi connectivity index (χ0v) is 30.3. The van der Waals surface area contributed by atoms with E-state index in [0.717, 1.165) is 44.1 Å². The maximum atomic E-state index is 13.3. The fourth-order valence-electron chi connectivity index (χ4n) is 8.12. The van der Waals surface area contributed by atoms with E-state index in [2.05, 4.69) is 83.7 Å². The Balaban J connectivity index is 1.98. The summed E-state index contributed by atoms with van der Waals surface area (Å²) >= 11 is 3.52. The van der Waals surface area contributed by atoms with E-state index in [1.54, 1.807) is 30.2 Å². The molecule has 0 saturated heterocycles. The first-order valence-corrected chi connectivity index (χ1v) is 17.9. The molecule has 1 N–H and O–H groups in total. The number of carbonyl (C=O) groups is 2. The van der Waals surface area contributed by atoms with Gasteiger partial charge in [-0.05, 0) is 110 Å². The number of nitriles is 1. The number of nitrogens with one attached hydrogen (secondary N) is 1. The zero-order chi connectivity index (χ0) is 32.5. The molecule has 1 saturated carbocycles. The van der Waals surface area contributed by atoms with Crippen molar-refractivity contribution < 1.29 is 9.59 Å². The number of thiophene rings is 1. The number of fused-ring (bicyclic) bond motifs is 1. The Labute approximate surface area is 270 Å². The third kappa shape index (κ3) is 7.42. The highest BCUT2D eigenvalue weighted by molar-refractivity contribution is 7.99. The molecule has 43 heavy (non-hydrogen) atoms. The van der Waals surface area contributed by atoms with Crippen LogP contribution in [0.25, 0.3) is 0 Å². The molecular weight excluding hydrogens is 569 g/mol. The van der Waals surface area contributed by atoms with E-state index in [-0.39, 0.29) is 39.4 Å². The lowest BCUT2D eigenvalue weighted by Crippen LogP contribution is -2.56. The van der Waals surface area contributed by atoms with E-state index in [9.17, 15) is 14.9 Å². The van der Waals surface area contributed by atoms with Gasteiger partial charge in [-0.15, -0.1) is 11.3 Å². The van der Waals surface area contributed by atoms with Crippen molar-refractivity contribution in [3.05, 3.63) is 40.8 Å². The molecule has 1 heterocycles. The third-order valence-corrected chi connectivity index (χ3v) is 13.5. The van der Waals surface area contributed by atoms with Crippen molar-refractivity contribution in [3.63, 3.8) is 0 Å². The Bertz CT molecular complexity index is 1280. The van der Waals surface area contributed by atoms with Gasteiger partial charge in [-0.1, -0.05) is 86.4 Å². The molecule has 0 bridgehead atoms. The molecule has 4 atom stereocenters. The molecule has 1 aromatic heterocycles. The molecule has 0 amide bonds. The molecule has 1 aromatic rings. The highest BCUT2D eigenvalue weighted by Gasteiger charge is 2.61. The average Bonchev–Trinajstić information content (AvgIpc) is 3.44. The fraction of sp³-hybridized carbons (Fsp3) is 0.703. The zero-order valence-electron chi connectivity index (χ0n) is 28.7. The van der Waals surface area contributed by atoms with Gasteiger partial charge < -0.3 is 0 Å². The van der Waals surface area contributed by atoms with Gasteiger partial charge in [0.2, 0.25) is 0 Å². The van der Waals surface area contributed by atoms with E-state index in [4.69, 9.17) is 0 Å². The van der Waals surface area contributed by atoms with Gasteiger partial charge in [-0.25, -0.2) is 0 Å². The minimum Gasteiger partial charge on any atom is -0.295 e. The third-order valence-electron chi connectivity index (χ3n) is 11.4. The van der Waals surface area contributed by atoms with Gasteiger partial charge in [-0.3, -0.25) is 14.3 Å². The van der Waals surface area contributed by atoms with Gasteiger partial charge >= 0.3 is 0 Å². The van der Waals surface area contributed by atoms with Gasteiger partial charge in [0.15, 0.2) is 11.6 Å². The van der Waals surface area contributed by atoms with Crippen LogP contribution >= 0.6 is 23.3 Å². The van der Waals surface area contributed by atoms with Crippen LogP contribution in [0.1, 0.15) is 128 Å². The topological polar surface area (TPSA) is 70.0 Å². The van der Waals surface area contributed by atoms with Crippen LogP contribution in [-0.2, 0) is 9.59 Å². The minimum atomic E-state index is -0.664. The lowest BCUT2D eigenvalue weighted by atomic mass is 9.42. The van der Waals surface area contributed by atoms with Crippen LogP contribution < -0.4 is 4.72 Å². The van der Waals surface area contributed by atoms with E-state index < -0.39 is 10.8 Å². The van der Waals surface area contributed by atoms with E-state index in [0.29, 0.717) is 5.41 Å². The monoisotopic (exact) mass is 624 g/mol. The molecule has 3 rings (SSSR count). The molecule has 1 fully saturated rings. The van der Waals surface area contributed by atoms with Gasteiger partial charge in [0, 0.05) is 16.4 Å². The molecule has 2 aliphatic carbocycles. The smallest absolute Gasteiger partial charge is 0.178 e. The van der Waals surface area contributed by atoms with Crippen molar-refractivity contribution in [3.8, 4) is 6.07 Å². The van der Waals surface area contributed by atoms with Crippen LogP contribution in [0.15, 0.2) is 45.0 Å². The summed E-state index contributed by atoms with van der Waals surface area (Å²) in [5.41, 5.74) is -0.0581. The van der Waals surface area contributed by atoms with E-state index in [1.807, 2.05) is 26.0 Å². The van der Waals surface area contributed by atoms with Crippen LogP contribution in [0, 0.1) is 44.3 Å². The number of carbonyl (C=O) groups excluding carboxylic acids is 2. The summed E-state index contributed by atoms with van der Waals surface area (Å²) in [7, 11) is 0. The second-order valence-electron chi connectivity index (χ2n) is 16.1. The molecule has 2 aliphatic rings. The highest BCUT2D eigenvalue weighted by atomic mass is 32.2. The molecule has 0 spiro atoms. The minimum absolute atomic E-state index is 0.0255. The van der Waals surface area contributed by atoms with Crippen molar-refractivity contribution in [2.75, 3.05) is 0 Å². The standard InChI is InChI=1S/C37H56N2O2S2/c1-12-16-32(3,4)18-20-35(9,39-43-30-14-13-22-42-30)21-19-33(5,6)37(11)17-15-28-34(7,8)31(41)27(25-38)24-36(28,10)29(37)23-26(2)40/h13-14,22-24,28,39H,12,15-21H2,1-11H3/b29-23-/t28-,35-,36-,37+/m0/s1. The first-order chi connectivity index (χ1) is 19.8. The van der Waals surface area contributed by atoms with Crippen LogP contribution in [0.3, 0.4) is 0 Å². The van der Waals surface area contributed by atoms with Gasteiger partial charge in [0.05, 0.1) is 9.78 Å². The number of hydrogen-bond donors (Lipinski definition) is 1. The molecular formula is C37H56N2O2S2. The lowest BCUT2D eigenvalue weighted by Gasteiger charge is -2.61. The Hall–Kier alpha value is -1.68. The molecule has 0 unspecified atom stereocenters. The predicted octanol–water partition coefficient (Wildman–Crippen LogP) is 10.5. The molecule has 6 heteroatoms. The maximum absolute atomic E-state index is 13.3. The van der Waals surface area contributed by atoms with E-state index >= 15 is 0 Å². The molecule has 0 aromatic carbocycles. The SMILES string of the molecule is CCCC(C)(C)CC[C@@](C)(CCC(C)(C)[C@]1(C)CC[C@H]2C(C)(C)C(=O)C(C#N)=C[C@]2(C)/C1=C/C(C)=O)NSc1cccs1. The van der Waals surface area contributed by atoms with Crippen LogP contribution in [-0.4, -0.2) is 17.1 Å². The number of ketones is 2. The summed E-state index contributed by atoms with van der Waals surface area (Å²) in [6, 6.07) is 6.48. The Morgan fingerprint density at radius 3 is 2.33 bits per heavy atom. The molecule has 238 valence electrons. The summed E-state index contributed by atoms with van der Waals surface area (Å²) in [6.45, 7) is 24.3. The Morgan fingerprint density at radius 1 is 1.12 bits per heavy atom.